The zero-order chi connectivity index (χ0) is 16.4. The van der Waals surface area contributed by atoms with Gasteiger partial charge in [-0.25, -0.2) is 9.29 Å². The fraction of sp³-hybridized carbons (Fsp3) is 0. The summed E-state index contributed by atoms with van der Waals surface area (Å²) < 4.78 is 13.1. The quantitative estimate of drug-likeness (QED) is 0.471. The van der Waals surface area contributed by atoms with Gasteiger partial charge < -0.3 is 0 Å². The molecule has 1 saturated heterocycles. The molecule has 0 aromatic heterocycles. The minimum Gasteiger partial charge on any atom is -0.268 e. The van der Waals surface area contributed by atoms with Gasteiger partial charge in [-0.3, -0.25) is 9.59 Å². The molecule has 1 aliphatic rings. The van der Waals surface area contributed by atoms with Crippen molar-refractivity contribution in [3.05, 3.63) is 76.4 Å². The molecule has 3 rings (SSSR count). The average Bonchev–Trinajstić information content (AvgIpc) is 2.84. The lowest BCUT2D eigenvalue weighted by Gasteiger charge is -2.12. The van der Waals surface area contributed by atoms with Crippen LogP contribution in [-0.2, 0) is 4.79 Å². The summed E-state index contributed by atoms with van der Waals surface area (Å²) in [4.78, 5) is 26.2. The van der Waals surface area contributed by atoms with Crippen LogP contribution in [0.3, 0.4) is 0 Å². The van der Waals surface area contributed by atoms with Crippen LogP contribution < -0.4 is 0 Å². The van der Waals surface area contributed by atoms with Crippen molar-refractivity contribution in [3.8, 4) is 0 Å². The number of halogens is 1. The van der Waals surface area contributed by atoms with Crippen molar-refractivity contribution in [1.82, 2.24) is 4.90 Å². The van der Waals surface area contributed by atoms with E-state index in [1.807, 2.05) is 0 Å². The maximum Gasteiger partial charge on any atom is 0.273 e. The van der Waals surface area contributed by atoms with Crippen LogP contribution in [0.25, 0.3) is 6.08 Å². The normalized spacial score (nSPS) is 16.2. The highest BCUT2D eigenvalue weighted by molar-refractivity contribution is 8.26. The van der Waals surface area contributed by atoms with Gasteiger partial charge in [0.05, 0.1) is 4.91 Å². The monoisotopic (exact) mass is 343 g/mol. The molecule has 114 valence electrons. The molecule has 1 heterocycles. The number of benzene rings is 2. The van der Waals surface area contributed by atoms with Crippen LogP contribution in [0.15, 0.2) is 59.5 Å². The molecular weight excluding hydrogens is 333 g/mol. The Kier molecular flexibility index (Phi) is 4.36. The number of nitrogens with zero attached hydrogens (tertiary/aromatic N) is 1. The summed E-state index contributed by atoms with van der Waals surface area (Å²) in [5, 5.41) is 0. The Labute approximate surface area is 141 Å². The maximum absolute atomic E-state index is 12.9. The third-order valence-corrected chi connectivity index (χ3v) is 4.49. The highest BCUT2D eigenvalue weighted by atomic mass is 32.2. The summed E-state index contributed by atoms with van der Waals surface area (Å²) in [6, 6.07) is 14.2. The van der Waals surface area contributed by atoms with Gasteiger partial charge in [0.2, 0.25) is 0 Å². The standard InChI is InChI=1S/C17H10FNO2S2/c18-13-8-6-11(7-9-13)10-14-16(21)19(17(22)23-14)15(20)12-4-2-1-3-5-12/h1-10H. The fourth-order valence-electron chi connectivity index (χ4n) is 2.06. The predicted octanol–water partition coefficient (Wildman–Crippen LogP) is 3.87. The van der Waals surface area contributed by atoms with E-state index in [4.69, 9.17) is 12.2 Å². The molecule has 2 aromatic rings. The van der Waals surface area contributed by atoms with E-state index in [-0.39, 0.29) is 10.1 Å². The molecule has 0 unspecified atom stereocenters. The Hall–Kier alpha value is -2.31. The molecule has 3 nitrogen and oxygen atoms in total. The molecule has 0 spiro atoms. The number of thioether (sulfide) groups is 1. The van der Waals surface area contributed by atoms with E-state index in [9.17, 15) is 14.0 Å². The third-order valence-electron chi connectivity index (χ3n) is 3.19. The van der Waals surface area contributed by atoms with Gasteiger partial charge in [0.25, 0.3) is 11.8 Å². The first-order valence-electron chi connectivity index (χ1n) is 6.69. The molecule has 2 aromatic carbocycles. The average molecular weight is 343 g/mol. The summed E-state index contributed by atoms with van der Waals surface area (Å²) in [6.45, 7) is 0. The van der Waals surface area contributed by atoms with E-state index >= 15 is 0 Å². The van der Waals surface area contributed by atoms with E-state index < -0.39 is 11.8 Å². The Morgan fingerprint density at radius 1 is 1.09 bits per heavy atom. The number of hydrogen-bond acceptors (Lipinski definition) is 4. The molecular formula is C17H10FNO2S2. The summed E-state index contributed by atoms with van der Waals surface area (Å²) in [5.41, 5.74) is 1.06. The molecule has 0 aliphatic carbocycles. The SMILES string of the molecule is O=C1C(=Cc2ccc(F)cc2)SC(=S)N1C(=O)c1ccccc1. The van der Waals surface area contributed by atoms with Crippen molar-refractivity contribution in [3.63, 3.8) is 0 Å². The van der Waals surface area contributed by atoms with Crippen molar-refractivity contribution in [2.24, 2.45) is 0 Å². The zero-order valence-electron chi connectivity index (χ0n) is 11.7. The number of amides is 2. The van der Waals surface area contributed by atoms with Crippen molar-refractivity contribution >= 4 is 46.2 Å². The van der Waals surface area contributed by atoms with Crippen LogP contribution >= 0.6 is 24.0 Å². The topological polar surface area (TPSA) is 37.4 Å². The minimum atomic E-state index is -0.460. The second-order valence-electron chi connectivity index (χ2n) is 4.74. The maximum atomic E-state index is 12.9. The number of thiocarbonyl (C=S) groups is 1. The van der Waals surface area contributed by atoms with Crippen LogP contribution in [0.1, 0.15) is 15.9 Å². The van der Waals surface area contributed by atoms with Crippen molar-refractivity contribution < 1.29 is 14.0 Å². The van der Waals surface area contributed by atoms with Gasteiger partial charge in [0.15, 0.2) is 4.32 Å². The minimum absolute atomic E-state index is 0.192. The summed E-state index contributed by atoms with van der Waals surface area (Å²) in [5.74, 6) is -1.26. The Morgan fingerprint density at radius 2 is 1.74 bits per heavy atom. The summed E-state index contributed by atoms with van der Waals surface area (Å²) in [6.07, 6.45) is 1.59. The number of carbonyl (C=O) groups is 2. The molecule has 0 saturated carbocycles. The van der Waals surface area contributed by atoms with E-state index in [1.54, 1.807) is 48.5 Å². The number of hydrogen-bond donors (Lipinski definition) is 0. The summed E-state index contributed by atoms with van der Waals surface area (Å²) in [7, 11) is 0. The molecule has 6 heteroatoms. The largest absolute Gasteiger partial charge is 0.273 e. The smallest absolute Gasteiger partial charge is 0.268 e. The van der Waals surface area contributed by atoms with Crippen LogP contribution in [0.4, 0.5) is 4.39 Å². The molecule has 0 N–H and O–H groups in total. The predicted molar refractivity (Wildman–Crippen MR) is 92.2 cm³/mol. The van der Waals surface area contributed by atoms with E-state index in [0.717, 1.165) is 16.7 Å². The first kappa shape index (κ1) is 15.6. The molecule has 0 atom stereocenters. The van der Waals surface area contributed by atoms with E-state index in [2.05, 4.69) is 0 Å². The van der Waals surface area contributed by atoms with Gasteiger partial charge in [-0.2, -0.15) is 0 Å². The van der Waals surface area contributed by atoms with E-state index in [1.165, 1.54) is 12.1 Å². The van der Waals surface area contributed by atoms with Crippen molar-refractivity contribution in [2.75, 3.05) is 0 Å². The molecule has 0 bridgehead atoms. The number of rotatable bonds is 2. The van der Waals surface area contributed by atoms with Crippen LogP contribution in [0.2, 0.25) is 0 Å². The lowest BCUT2D eigenvalue weighted by atomic mass is 10.2. The molecule has 23 heavy (non-hydrogen) atoms. The molecule has 1 fully saturated rings. The van der Waals surface area contributed by atoms with Gasteiger partial charge in [-0.15, -0.1) is 0 Å². The van der Waals surface area contributed by atoms with Gasteiger partial charge in [-0.1, -0.05) is 54.3 Å². The highest BCUT2D eigenvalue weighted by Crippen LogP contribution is 2.33. The van der Waals surface area contributed by atoms with Crippen LogP contribution in [-0.4, -0.2) is 21.0 Å². The first-order valence-corrected chi connectivity index (χ1v) is 7.91. The zero-order valence-corrected chi connectivity index (χ0v) is 13.4. The van der Waals surface area contributed by atoms with Gasteiger partial charge in [-0.05, 0) is 35.9 Å². The molecule has 2 amide bonds. The van der Waals surface area contributed by atoms with Gasteiger partial charge in [0, 0.05) is 5.56 Å². The highest BCUT2D eigenvalue weighted by Gasteiger charge is 2.37. The molecule has 1 aliphatic heterocycles. The van der Waals surface area contributed by atoms with Crippen molar-refractivity contribution in [1.29, 1.82) is 0 Å². The Balaban J connectivity index is 1.88. The Morgan fingerprint density at radius 3 is 2.39 bits per heavy atom. The van der Waals surface area contributed by atoms with E-state index in [0.29, 0.717) is 16.0 Å². The second kappa shape index (κ2) is 6.44. The fourth-order valence-corrected chi connectivity index (χ4v) is 3.32. The first-order chi connectivity index (χ1) is 11.1. The van der Waals surface area contributed by atoms with Crippen LogP contribution in [0.5, 0.6) is 0 Å². The third kappa shape index (κ3) is 3.23. The second-order valence-corrected chi connectivity index (χ2v) is 6.42. The summed E-state index contributed by atoms with van der Waals surface area (Å²) >= 11 is 6.21. The number of imide groups is 1. The van der Waals surface area contributed by atoms with Crippen molar-refractivity contribution in [2.45, 2.75) is 0 Å². The van der Waals surface area contributed by atoms with Crippen LogP contribution in [0, 0.1) is 5.82 Å². The van der Waals surface area contributed by atoms with Gasteiger partial charge >= 0.3 is 0 Å². The molecule has 0 radical (unpaired) electrons. The van der Waals surface area contributed by atoms with Gasteiger partial charge in [0.1, 0.15) is 5.82 Å². The lowest BCUT2D eigenvalue weighted by molar-refractivity contribution is -0.120. The Bertz CT molecular complexity index is 816. The lowest BCUT2D eigenvalue weighted by Crippen LogP contribution is -2.34. The number of carbonyl (C=O) groups excluding carboxylic acids is 2.